The van der Waals surface area contributed by atoms with Crippen LogP contribution >= 0.6 is 0 Å². The lowest BCUT2D eigenvalue weighted by Crippen LogP contribution is -1.98. The highest BCUT2D eigenvalue weighted by Gasteiger charge is 2.11. The van der Waals surface area contributed by atoms with Crippen LogP contribution in [0.5, 0.6) is 11.5 Å². The van der Waals surface area contributed by atoms with E-state index in [2.05, 4.69) is 4.99 Å². The van der Waals surface area contributed by atoms with Crippen molar-refractivity contribution >= 4 is 17.9 Å². The molecule has 0 saturated carbocycles. The summed E-state index contributed by atoms with van der Waals surface area (Å²) >= 11 is 0. The average molecular weight is 387 g/mol. The van der Waals surface area contributed by atoms with E-state index in [0.29, 0.717) is 22.8 Å². The average Bonchev–Trinajstić information content (AvgIpc) is 3.15. The molecule has 1 heterocycles. The predicted octanol–water partition coefficient (Wildman–Crippen LogP) is 4.59. The summed E-state index contributed by atoms with van der Waals surface area (Å²) in [7, 11) is 1.46. The number of carboxylic acid groups (broad SMARTS) is 1. The molecule has 0 aliphatic rings. The Bertz CT molecular complexity index is 1030. The molecule has 8 heteroatoms. The number of hydrogen-bond donors (Lipinski definition) is 1. The van der Waals surface area contributed by atoms with Gasteiger partial charge in [-0.3, -0.25) is 4.99 Å². The normalized spacial score (nSPS) is 11.0. The third-order valence-electron chi connectivity index (χ3n) is 3.69. The molecule has 28 heavy (non-hydrogen) atoms. The summed E-state index contributed by atoms with van der Waals surface area (Å²) in [6, 6.07) is 10.9. The van der Waals surface area contributed by atoms with E-state index in [0.717, 1.165) is 12.1 Å². The number of benzene rings is 2. The molecule has 1 aromatic heterocycles. The molecule has 0 aliphatic heterocycles. The maximum atomic E-state index is 13.6. The quantitative estimate of drug-likeness (QED) is 0.600. The van der Waals surface area contributed by atoms with Crippen molar-refractivity contribution in [2.45, 2.75) is 6.61 Å². The van der Waals surface area contributed by atoms with E-state index < -0.39 is 17.6 Å². The summed E-state index contributed by atoms with van der Waals surface area (Å²) < 4.78 is 42.6. The van der Waals surface area contributed by atoms with Crippen LogP contribution in [0.3, 0.4) is 0 Å². The summed E-state index contributed by atoms with van der Waals surface area (Å²) in [4.78, 5) is 14.8. The first-order chi connectivity index (χ1) is 13.5. The Balaban J connectivity index is 1.72. The van der Waals surface area contributed by atoms with E-state index in [1.54, 1.807) is 18.2 Å². The Morgan fingerprint density at radius 1 is 1.14 bits per heavy atom. The van der Waals surface area contributed by atoms with Crippen molar-refractivity contribution in [2.75, 3.05) is 7.11 Å². The van der Waals surface area contributed by atoms with Gasteiger partial charge < -0.3 is 19.0 Å². The Morgan fingerprint density at radius 3 is 2.64 bits per heavy atom. The zero-order valence-electron chi connectivity index (χ0n) is 14.7. The molecular formula is C20H15F2NO5. The zero-order valence-corrected chi connectivity index (χ0v) is 14.7. The van der Waals surface area contributed by atoms with Gasteiger partial charge in [0.1, 0.15) is 18.2 Å². The minimum atomic E-state index is -1.16. The van der Waals surface area contributed by atoms with Gasteiger partial charge in [-0.2, -0.15) is 0 Å². The number of nitrogens with zero attached hydrogens (tertiary/aromatic N) is 1. The Hall–Kier alpha value is -3.68. The summed E-state index contributed by atoms with van der Waals surface area (Å²) in [6.07, 6.45) is 1.41. The molecule has 144 valence electrons. The van der Waals surface area contributed by atoms with Crippen LogP contribution in [0.4, 0.5) is 14.5 Å². The number of aromatic carboxylic acids is 1. The molecule has 0 spiro atoms. The smallest absolute Gasteiger partial charge is 0.371 e. The van der Waals surface area contributed by atoms with Crippen LogP contribution in [0.2, 0.25) is 0 Å². The maximum absolute atomic E-state index is 13.6. The number of methoxy groups -OCH3 is 1. The maximum Gasteiger partial charge on any atom is 0.371 e. The Morgan fingerprint density at radius 2 is 1.96 bits per heavy atom. The first kappa shape index (κ1) is 19.1. The molecule has 0 amide bonds. The summed E-state index contributed by atoms with van der Waals surface area (Å²) in [5.41, 5.74) is 0.617. The van der Waals surface area contributed by atoms with Crippen molar-refractivity contribution in [1.82, 2.24) is 0 Å². The fraction of sp³-hybridized carbons (Fsp3) is 0.100. The van der Waals surface area contributed by atoms with E-state index >= 15 is 0 Å². The highest BCUT2D eigenvalue weighted by atomic mass is 19.1. The highest BCUT2D eigenvalue weighted by molar-refractivity contribution is 5.84. The highest BCUT2D eigenvalue weighted by Crippen LogP contribution is 2.29. The van der Waals surface area contributed by atoms with Gasteiger partial charge in [-0.25, -0.2) is 13.6 Å². The van der Waals surface area contributed by atoms with E-state index in [1.807, 2.05) is 0 Å². The van der Waals surface area contributed by atoms with Crippen molar-refractivity contribution in [2.24, 2.45) is 4.99 Å². The molecule has 3 aromatic rings. The molecule has 0 unspecified atom stereocenters. The van der Waals surface area contributed by atoms with Gasteiger partial charge in [-0.05, 0) is 48.0 Å². The molecular weight excluding hydrogens is 372 g/mol. The number of ether oxygens (including phenoxy) is 2. The third kappa shape index (κ3) is 4.53. The van der Waals surface area contributed by atoms with Crippen LogP contribution < -0.4 is 9.47 Å². The topological polar surface area (TPSA) is 81.3 Å². The lowest BCUT2D eigenvalue weighted by atomic mass is 10.2. The number of carbonyl (C=O) groups is 1. The van der Waals surface area contributed by atoms with Gasteiger partial charge in [0, 0.05) is 12.3 Å². The largest absolute Gasteiger partial charge is 0.493 e. The first-order valence-electron chi connectivity index (χ1n) is 8.08. The molecule has 0 fully saturated rings. The minimum Gasteiger partial charge on any atom is -0.493 e. The van der Waals surface area contributed by atoms with Gasteiger partial charge in [0.2, 0.25) is 5.76 Å². The van der Waals surface area contributed by atoms with Crippen LogP contribution in [0, 0.1) is 11.6 Å². The van der Waals surface area contributed by atoms with Gasteiger partial charge in [0.25, 0.3) is 0 Å². The van der Waals surface area contributed by atoms with Gasteiger partial charge in [-0.1, -0.05) is 0 Å². The SMILES string of the molecule is COc1cc(C=Nc2ccc(F)cc2F)ccc1OCc1ccc(C(=O)O)o1. The molecule has 0 bridgehead atoms. The fourth-order valence-electron chi connectivity index (χ4n) is 2.33. The molecule has 1 N–H and O–H groups in total. The van der Waals surface area contributed by atoms with Gasteiger partial charge in [0.15, 0.2) is 17.3 Å². The van der Waals surface area contributed by atoms with E-state index in [4.69, 9.17) is 19.0 Å². The number of halogens is 2. The lowest BCUT2D eigenvalue weighted by Gasteiger charge is -2.10. The number of rotatable bonds is 7. The fourth-order valence-corrected chi connectivity index (χ4v) is 2.33. The van der Waals surface area contributed by atoms with E-state index in [9.17, 15) is 13.6 Å². The molecule has 0 aliphatic carbocycles. The minimum absolute atomic E-state index is 0.00717. The van der Waals surface area contributed by atoms with Crippen LogP contribution in [0.25, 0.3) is 0 Å². The number of hydrogen-bond acceptors (Lipinski definition) is 5. The van der Waals surface area contributed by atoms with Crippen molar-refractivity contribution in [3.63, 3.8) is 0 Å². The Kier molecular flexibility index (Phi) is 5.69. The predicted molar refractivity (Wildman–Crippen MR) is 96.6 cm³/mol. The molecule has 0 saturated heterocycles. The van der Waals surface area contributed by atoms with Crippen LogP contribution in [0.1, 0.15) is 21.9 Å². The summed E-state index contributed by atoms with van der Waals surface area (Å²) in [6.45, 7) is 0.0118. The van der Waals surface area contributed by atoms with Crippen molar-refractivity contribution in [3.05, 3.63) is 77.2 Å². The second kappa shape index (κ2) is 8.34. The number of furan rings is 1. The van der Waals surface area contributed by atoms with E-state index in [-0.39, 0.29) is 18.1 Å². The third-order valence-corrected chi connectivity index (χ3v) is 3.69. The molecule has 3 rings (SSSR count). The zero-order chi connectivity index (χ0) is 20.1. The molecule has 0 radical (unpaired) electrons. The van der Waals surface area contributed by atoms with E-state index in [1.165, 1.54) is 31.5 Å². The standard InChI is InChI=1S/C20H15F2NO5/c1-26-19-8-12(10-23-16-5-3-13(21)9-15(16)22)2-6-17(19)27-11-14-4-7-18(28-14)20(24)25/h2-10H,11H2,1H3,(H,24,25). The van der Waals surface area contributed by atoms with Gasteiger partial charge >= 0.3 is 5.97 Å². The number of carboxylic acids is 1. The van der Waals surface area contributed by atoms with Crippen LogP contribution in [-0.4, -0.2) is 24.4 Å². The van der Waals surface area contributed by atoms with Crippen molar-refractivity contribution in [3.8, 4) is 11.5 Å². The second-order valence-corrected chi connectivity index (χ2v) is 5.62. The molecule has 6 nitrogen and oxygen atoms in total. The van der Waals surface area contributed by atoms with Crippen molar-refractivity contribution < 1.29 is 32.6 Å². The van der Waals surface area contributed by atoms with Gasteiger partial charge in [0.05, 0.1) is 12.8 Å². The first-order valence-corrected chi connectivity index (χ1v) is 8.08. The summed E-state index contributed by atoms with van der Waals surface area (Å²) in [5.74, 6) is -1.63. The van der Waals surface area contributed by atoms with Crippen molar-refractivity contribution in [1.29, 1.82) is 0 Å². The summed E-state index contributed by atoms with van der Waals surface area (Å²) in [5, 5.41) is 8.85. The number of aliphatic imine (C=N–C) groups is 1. The lowest BCUT2D eigenvalue weighted by molar-refractivity contribution is 0.0658. The molecule has 2 aromatic carbocycles. The Labute approximate surface area is 158 Å². The van der Waals surface area contributed by atoms with Gasteiger partial charge in [-0.15, -0.1) is 0 Å². The molecule has 0 atom stereocenters. The second-order valence-electron chi connectivity index (χ2n) is 5.62. The monoisotopic (exact) mass is 387 g/mol. The van der Waals surface area contributed by atoms with Crippen LogP contribution in [-0.2, 0) is 6.61 Å². The van der Waals surface area contributed by atoms with Crippen LogP contribution in [0.15, 0.2) is 57.9 Å².